The fourth-order valence-corrected chi connectivity index (χ4v) is 6.58. The maximum absolute atomic E-state index is 15.0. The average Bonchev–Trinajstić information content (AvgIpc) is 3.77. The lowest BCUT2D eigenvalue weighted by Crippen LogP contribution is -2.54. The summed E-state index contributed by atoms with van der Waals surface area (Å²) in [5.74, 6) is -0.172. The van der Waals surface area contributed by atoms with Crippen molar-refractivity contribution in [3.05, 3.63) is 82.4 Å². The minimum Gasteiger partial charge on any atom is -0.485 e. The normalized spacial score (nSPS) is 21.6. The van der Waals surface area contributed by atoms with E-state index in [-0.39, 0.29) is 23.4 Å². The van der Waals surface area contributed by atoms with Crippen molar-refractivity contribution in [2.24, 2.45) is 11.8 Å². The van der Waals surface area contributed by atoms with E-state index in [0.717, 1.165) is 78.9 Å². The highest BCUT2D eigenvalue weighted by Crippen LogP contribution is 2.48. The highest BCUT2D eigenvalue weighted by atomic mass is 19.1. The molecule has 2 aliphatic heterocycles. The Morgan fingerprint density at radius 1 is 1.15 bits per heavy atom. The Morgan fingerprint density at radius 3 is 2.62 bits per heavy atom. The van der Waals surface area contributed by atoms with Crippen molar-refractivity contribution in [3.63, 3.8) is 0 Å². The highest BCUT2D eigenvalue weighted by molar-refractivity contribution is 5.71. The van der Waals surface area contributed by atoms with Crippen LogP contribution in [0.25, 0.3) is 11.1 Å². The number of aromatic nitrogens is 1. The van der Waals surface area contributed by atoms with E-state index in [2.05, 4.69) is 54.1 Å². The third-order valence-electron chi connectivity index (χ3n) is 9.47. The number of hydrogen-bond acceptors (Lipinski definition) is 4. The number of ether oxygens (including phenoxy) is 1. The highest BCUT2D eigenvalue weighted by Gasteiger charge is 2.39. The summed E-state index contributed by atoms with van der Waals surface area (Å²) in [4.78, 5) is 18.4. The van der Waals surface area contributed by atoms with Crippen LogP contribution in [-0.4, -0.2) is 33.0 Å². The Bertz CT molecular complexity index is 1450. The molecule has 2 aromatic carbocycles. The summed E-state index contributed by atoms with van der Waals surface area (Å²) in [6.07, 6.45) is 6.29. The second kappa shape index (κ2) is 10.3. The number of carboxylic acid groups (broad SMARTS) is 1. The summed E-state index contributed by atoms with van der Waals surface area (Å²) < 4.78 is 21.6. The molecular weight excluding hydrogens is 503 g/mol. The number of halogens is 1. The number of nitrogens with zero attached hydrogens (tertiary/aromatic N) is 2. The van der Waals surface area contributed by atoms with Gasteiger partial charge in [-0.2, -0.15) is 0 Å². The van der Waals surface area contributed by atoms with Crippen molar-refractivity contribution < 1.29 is 19.0 Å². The molecule has 1 N–H and O–H groups in total. The third-order valence-corrected chi connectivity index (χ3v) is 9.47. The van der Waals surface area contributed by atoms with Crippen LogP contribution in [0.15, 0.2) is 48.7 Å². The minimum absolute atomic E-state index is 0.0104. The lowest BCUT2D eigenvalue weighted by molar-refractivity contribution is -0.142. The smallest absolute Gasteiger partial charge is 0.306 e. The SMILES string of the molecule is Cc1cc(-c2ccc([C@@H]3CCc4ccc([C@H](C5CC5)[C@H](C)C(=O)O)cc4O3)cc2CN2CCC2(C)C)c(F)cn1. The molecule has 0 unspecified atom stereocenters. The van der Waals surface area contributed by atoms with Crippen molar-refractivity contribution in [1.29, 1.82) is 0 Å². The zero-order chi connectivity index (χ0) is 28.2. The van der Waals surface area contributed by atoms with Gasteiger partial charge in [0.05, 0.1) is 12.1 Å². The molecular formula is C34H39FN2O3. The maximum atomic E-state index is 15.0. The van der Waals surface area contributed by atoms with E-state index in [1.807, 2.05) is 26.0 Å². The van der Waals surface area contributed by atoms with E-state index in [1.54, 1.807) is 0 Å². The molecule has 3 heterocycles. The standard InChI is InChI=1S/C34H39FN2O3/c1-20-15-28(29(35)18-36-20)27-11-9-24(16-26(27)19-37-14-13-34(37,3)4)30-12-10-22-5-8-25(17-31(22)40-30)32(23-6-7-23)21(2)33(38)39/h5,8-9,11,15-18,21,23,30,32H,6-7,10,12-14,19H2,1-4H3,(H,38,39)/t21-,30-,32-/m0/s1. The summed E-state index contributed by atoms with van der Waals surface area (Å²) in [5.41, 5.74) is 6.84. The summed E-state index contributed by atoms with van der Waals surface area (Å²) >= 11 is 0. The number of likely N-dealkylation sites (tertiary alicyclic amines) is 1. The second-order valence-electron chi connectivity index (χ2n) is 12.7. The van der Waals surface area contributed by atoms with Crippen LogP contribution >= 0.6 is 0 Å². The van der Waals surface area contributed by atoms with Crippen molar-refractivity contribution in [2.75, 3.05) is 6.54 Å². The first-order valence-corrected chi connectivity index (χ1v) is 14.6. The first-order chi connectivity index (χ1) is 19.1. The van der Waals surface area contributed by atoms with Gasteiger partial charge in [0.2, 0.25) is 0 Å². The number of carboxylic acids is 1. The van der Waals surface area contributed by atoms with Crippen molar-refractivity contribution in [2.45, 2.75) is 83.9 Å². The maximum Gasteiger partial charge on any atom is 0.306 e. The molecule has 0 bridgehead atoms. The van der Waals surface area contributed by atoms with Gasteiger partial charge in [0, 0.05) is 29.9 Å². The predicted molar refractivity (Wildman–Crippen MR) is 154 cm³/mol. The van der Waals surface area contributed by atoms with Crippen LogP contribution in [0.1, 0.15) is 86.4 Å². The lowest BCUT2D eigenvalue weighted by atomic mass is 9.82. The Kier molecular flexibility index (Phi) is 6.94. The molecule has 3 aromatic rings. The third kappa shape index (κ3) is 5.14. The molecule has 0 amide bonds. The molecule has 40 heavy (non-hydrogen) atoms. The molecule has 210 valence electrons. The molecule has 6 heteroatoms. The molecule has 0 spiro atoms. The fraction of sp³-hybridized carbons (Fsp3) is 0.471. The minimum atomic E-state index is -0.743. The molecule has 1 saturated carbocycles. The summed E-state index contributed by atoms with van der Waals surface area (Å²) in [6.45, 7) is 10.0. The molecule has 6 rings (SSSR count). The van der Waals surface area contributed by atoms with Crippen molar-refractivity contribution >= 4 is 5.97 Å². The summed E-state index contributed by atoms with van der Waals surface area (Å²) in [6, 6.07) is 14.5. The zero-order valence-corrected chi connectivity index (χ0v) is 23.9. The molecule has 3 aliphatic rings. The molecule has 2 fully saturated rings. The van der Waals surface area contributed by atoms with Crippen molar-refractivity contribution in [1.82, 2.24) is 9.88 Å². The van der Waals surface area contributed by atoms with E-state index in [9.17, 15) is 14.3 Å². The Morgan fingerprint density at radius 2 is 1.95 bits per heavy atom. The van der Waals surface area contributed by atoms with Gasteiger partial charge in [-0.25, -0.2) is 4.39 Å². The first kappa shape index (κ1) is 26.9. The Balaban J connectivity index is 1.32. The summed E-state index contributed by atoms with van der Waals surface area (Å²) in [5, 5.41) is 9.74. The second-order valence-corrected chi connectivity index (χ2v) is 12.7. The predicted octanol–water partition coefficient (Wildman–Crippen LogP) is 7.46. The van der Waals surface area contributed by atoms with Gasteiger partial charge in [-0.1, -0.05) is 37.3 Å². The molecule has 3 atom stereocenters. The van der Waals surface area contributed by atoms with E-state index >= 15 is 0 Å². The number of hydrogen-bond donors (Lipinski definition) is 1. The van der Waals surface area contributed by atoms with Crippen LogP contribution in [-0.2, 0) is 17.8 Å². The van der Waals surface area contributed by atoms with Crippen molar-refractivity contribution in [3.8, 4) is 16.9 Å². The van der Waals surface area contributed by atoms with Gasteiger partial charge >= 0.3 is 5.97 Å². The van der Waals surface area contributed by atoms with Gasteiger partial charge in [0.1, 0.15) is 17.7 Å². The van der Waals surface area contributed by atoms with Gasteiger partial charge in [0.25, 0.3) is 0 Å². The number of aryl methyl sites for hydroxylation is 2. The monoisotopic (exact) mass is 542 g/mol. The van der Waals surface area contributed by atoms with E-state index in [1.165, 1.54) is 11.8 Å². The average molecular weight is 543 g/mol. The van der Waals surface area contributed by atoms with E-state index < -0.39 is 11.9 Å². The molecule has 0 radical (unpaired) electrons. The van der Waals surface area contributed by atoms with Gasteiger partial charge in [0.15, 0.2) is 0 Å². The zero-order valence-electron chi connectivity index (χ0n) is 23.9. The van der Waals surface area contributed by atoms with E-state index in [0.29, 0.717) is 11.5 Å². The molecule has 1 aliphatic carbocycles. The van der Waals surface area contributed by atoms with Crippen LogP contribution in [0.4, 0.5) is 4.39 Å². The first-order valence-electron chi connectivity index (χ1n) is 14.6. The van der Waals surface area contributed by atoms with Crippen LogP contribution < -0.4 is 4.74 Å². The number of pyridine rings is 1. The lowest BCUT2D eigenvalue weighted by Gasteiger charge is -2.49. The van der Waals surface area contributed by atoms with Gasteiger partial charge < -0.3 is 9.84 Å². The number of carbonyl (C=O) groups is 1. The number of rotatable bonds is 8. The van der Waals surface area contributed by atoms with Gasteiger partial charge in [-0.05, 0) is 105 Å². The molecule has 1 saturated heterocycles. The van der Waals surface area contributed by atoms with Crippen LogP contribution in [0.2, 0.25) is 0 Å². The van der Waals surface area contributed by atoms with Crippen LogP contribution in [0.3, 0.4) is 0 Å². The molecule has 1 aromatic heterocycles. The summed E-state index contributed by atoms with van der Waals surface area (Å²) in [7, 11) is 0. The number of fused-ring (bicyclic) bond motifs is 1. The fourth-order valence-electron chi connectivity index (χ4n) is 6.58. The number of benzene rings is 2. The van der Waals surface area contributed by atoms with Crippen LogP contribution in [0.5, 0.6) is 5.75 Å². The topological polar surface area (TPSA) is 62.7 Å². The van der Waals surface area contributed by atoms with Gasteiger partial charge in [-0.3, -0.25) is 14.7 Å². The largest absolute Gasteiger partial charge is 0.485 e. The Hall–Kier alpha value is -3.25. The van der Waals surface area contributed by atoms with E-state index in [4.69, 9.17) is 4.74 Å². The van der Waals surface area contributed by atoms with Gasteiger partial charge in [-0.15, -0.1) is 0 Å². The number of aliphatic carboxylic acids is 1. The molecule has 5 nitrogen and oxygen atoms in total. The Labute approximate surface area is 236 Å². The quantitative estimate of drug-likeness (QED) is 0.320. The van der Waals surface area contributed by atoms with Crippen LogP contribution in [0, 0.1) is 24.6 Å².